The van der Waals surface area contributed by atoms with Crippen LogP contribution < -0.4 is 9.62 Å². The summed E-state index contributed by atoms with van der Waals surface area (Å²) < 4.78 is 25.5. The van der Waals surface area contributed by atoms with Crippen LogP contribution in [0.3, 0.4) is 0 Å². The lowest BCUT2D eigenvalue weighted by Gasteiger charge is -2.17. The molecule has 0 radical (unpaired) electrons. The van der Waals surface area contributed by atoms with Gasteiger partial charge in [-0.2, -0.15) is 0 Å². The summed E-state index contributed by atoms with van der Waals surface area (Å²) in [4.78, 5) is 9.11. The molecule has 1 aliphatic heterocycles. The van der Waals surface area contributed by atoms with E-state index in [0.717, 1.165) is 28.6 Å². The average Bonchev–Trinajstić information content (AvgIpc) is 3.37. The van der Waals surface area contributed by atoms with Crippen molar-refractivity contribution in [3.63, 3.8) is 0 Å². The van der Waals surface area contributed by atoms with Crippen LogP contribution in [0, 0.1) is 6.92 Å². The van der Waals surface area contributed by atoms with Crippen LogP contribution in [-0.4, -0.2) is 30.7 Å². The lowest BCUT2D eigenvalue weighted by molar-refractivity contribution is 0.599. The standard InChI is InChI=1S/C18H22N4O2S/c1-13-11-17(21-18(20-13)15-5-6-15)19-12-14-3-7-16(8-4-14)22-9-2-10-25(22,23)24/h3-4,7-8,11,15H,2,5-6,9-10,12H2,1H3,(H,19,20,21). The fourth-order valence-electron chi connectivity index (χ4n) is 3.11. The van der Waals surface area contributed by atoms with Crippen molar-refractivity contribution in [3.05, 3.63) is 47.4 Å². The van der Waals surface area contributed by atoms with Crippen LogP contribution >= 0.6 is 0 Å². The van der Waals surface area contributed by atoms with Gasteiger partial charge >= 0.3 is 0 Å². The third kappa shape index (κ3) is 3.61. The van der Waals surface area contributed by atoms with Gasteiger partial charge in [-0.1, -0.05) is 12.1 Å². The molecule has 6 nitrogen and oxygen atoms in total. The van der Waals surface area contributed by atoms with Crippen LogP contribution in [0.2, 0.25) is 0 Å². The van der Waals surface area contributed by atoms with Gasteiger partial charge in [0.15, 0.2) is 0 Å². The molecule has 2 heterocycles. The minimum Gasteiger partial charge on any atom is -0.366 e. The summed E-state index contributed by atoms with van der Waals surface area (Å²) in [5, 5.41) is 3.35. The maximum Gasteiger partial charge on any atom is 0.235 e. The number of rotatable bonds is 5. The maximum atomic E-state index is 12.0. The van der Waals surface area contributed by atoms with Gasteiger partial charge in [0.1, 0.15) is 11.6 Å². The number of aryl methyl sites for hydroxylation is 1. The summed E-state index contributed by atoms with van der Waals surface area (Å²) in [5.74, 6) is 2.56. The molecule has 0 amide bonds. The average molecular weight is 358 g/mol. The van der Waals surface area contributed by atoms with E-state index in [1.54, 1.807) is 0 Å². The first kappa shape index (κ1) is 16.3. The molecule has 0 atom stereocenters. The van der Waals surface area contributed by atoms with E-state index in [-0.39, 0.29) is 5.75 Å². The Morgan fingerprint density at radius 3 is 2.60 bits per heavy atom. The van der Waals surface area contributed by atoms with Crippen LogP contribution in [0.15, 0.2) is 30.3 Å². The highest BCUT2D eigenvalue weighted by Gasteiger charge is 2.28. The van der Waals surface area contributed by atoms with Crippen LogP contribution in [0.4, 0.5) is 11.5 Å². The first-order chi connectivity index (χ1) is 12.0. The van der Waals surface area contributed by atoms with Gasteiger partial charge in [-0.3, -0.25) is 4.31 Å². The molecule has 1 N–H and O–H groups in total. The second-order valence-electron chi connectivity index (χ2n) is 6.79. The molecule has 4 rings (SSSR count). The number of hydrogen-bond donors (Lipinski definition) is 1. The highest BCUT2D eigenvalue weighted by atomic mass is 32.2. The number of benzene rings is 1. The van der Waals surface area contributed by atoms with Gasteiger partial charge in [-0.05, 0) is 43.9 Å². The summed E-state index contributed by atoms with van der Waals surface area (Å²) in [6.07, 6.45) is 3.07. The van der Waals surface area contributed by atoms with Crippen molar-refractivity contribution in [2.24, 2.45) is 0 Å². The van der Waals surface area contributed by atoms with E-state index >= 15 is 0 Å². The Kier molecular flexibility index (Phi) is 4.11. The number of nitrogens with zero attached hydrogens (tertiary/aromatic N) is 3. The second kappa shape index (κ2) is 6.29. The van der Waals surface area contributed by atoms with Crippen molar-refractivity contribution in [1.29, 1.82) is 0 Å². The summed E-state index contributed by atoms with van der Waals surface area (Å²) in [6, 6.07) is 9.64. The summed E-state index contributed by atoms with van der Waals surface area (Å²) >= 11 is 0. The third-order valence-corrected chi connectivity index (χ3v) is 6.48. The summed E-state index contributed by atoms with van der Waals surface area (Å²) in [7, 11) is -3.12. The summed E-state index contributed by atoms with van der Waals surface area (Å²) in [5.41, 5.74) is 2.81. The number of sulfonamides is 1. The highest BCUT2D eigenvalue weighted by Crippen LogP contribution is 2.38. The molecule has 1 aromatic carbocycles. The van der Waals surface area contributed by atoms with Gasteiger partial charge in [0.25, 0.3) is 0 Å². The van der Waals surface area contributed by atoms with Gasteiger partial charge in [0, 0.05) is 30.8 Å². The Morgan fingerprint density at radius 1 is 1.20 bits per heavy atom. The molecule has 25 heavy (non-hydrogen) atoms. The Balaban J connectivity index is 1.43. The van der Waals surface area contributed by atoms with Crippen LogP contribution in [0.1, 0.15) is 42.3 Å². The molecule has 2 fully saturated rings. The molecule has 2 aromatic rings. The van der Waals surface area contributed by atoms with Gasteiger partial charge in [0.2, 0.25) is 10.0 Å². The van der Waals surface area contributed by atoms with E-state index in [4.69, 9.17) is 0 Å². The Labute approximate surface area is 148 Å². The van der Waals surface area contributed by atoms with Gasteiger partial charge < -0.3 is 5.32 Å². The molecule has 0 unspecified atom stereocenters. The van der Waals surface area contributed by atoms with E-state index in [2.05, 4.69) is 15.3 Å². The molecule has 1 saturated carbocycles. The number of nitrogens with one attached hydrogen (secondary N) is 1. The van der Waals surface area contributed by atoms with Gasteiger partial charge in [0.05, 0.1) is 11.4 Å². The van der Waals surface area contributed by atoms with Crippen molar-refractivity contribution in [1.82, 2.24) is 9.97 Å². The first-order valence-corrected chi connectivity index (χ1v) is 10.3. The van der Waals surface area contributed by atoms with Crippen LogP contribution in [-0.2, 0) is 16.6 Å². The number of aromatic nitrogens is 2. The topological polar surface area (TPSA) is 75.2 Å². The van der Waals surface area contributed by atoms with Crippen LogP contribution in [0.5, 0.6) is 0 Å². The Morgan fingerprint density at radius 2 is 1.96 bits per heavy atom. The maximum absolute atomic E-state index is 12.0. The molecule has 1 aromatic heterocycles. The minimum atomic E-state index is -3.12. The predicted molar refractivity (Wildman–Crippen MR) is 98.3 cm³/mol. The molecule has 0 bridgehead atoms. The van der Waals surface area contributed by atoms with E-state index in [9.17, 15) is 8.42 Å². The smallest absolute Gasteiger partial charge is 0.235 e. The van der Waals surface area contributed by atoms with Gasteiger partial charge in [-0.25, -0.2) is 18.4 Å². The second-order valence-corrected chi connectivity index (χ2v) is 8.80. The van der Waals surface area contributed by atoms with E-state index < -0.39 is 10.0 Å². The zero-order valence-electron chi connectivity index (χ0n) is 14.3. The fraction of sp³-hybridized carbons (Fsp3) is 0.444. The first-order valence-electron chi connectivity index (χ1n) is 8.70. The van der Waals surface area contributed by atoms with Crippen molar-refractivity contribution in [3.8, 4) is 0 Å². The van der Waals surface area contributed by atoms with Crippen molar-refractivity contribution in [2.75, 3.05) is 21.9 Å². The normalized spacial score (nSPS) is 19.2. The van der Waals surface area contributed by atoms with E-state index in [1.807, 2.05) is 37.3 Å². The quantitative estimate of drug-likeness (QED) is 0.889. The molecule has 1 saturated heterocycles. The Bertz CT molecular complexity index is 876. The molecular formula is C18H22N4O2S. The van der Waals surface area contributed by atoms with Gasteiger partial charge in [-0.15, -0.1) is 0 Å². The zero-order chi connectivity index (χ0) is 17.4. The van der Waals surface area contributed by atoms with Crippen LogP contribution in [0.25, 0.3) is 0 Å². The monoisotopic (exact) mass is 358 g/mol. The largest absolute Gasteiger partial charge is 0.366 e. The highest BCUT2D eigenvalue weighted by molar-refractivity contribution is 7.93. The van der Waals surface area contributed by atoms with Crippen molar-refractivity contribution < 1.29 is 8.42 Å². The van der Waals surface area contributed by atoms with E-state index in [0.29, 0.717) is 25.4 Å². The molecular weight excluding hydrogens is 336 g/mol. The lowest BCUT2D eigenvalue weighted by atomic mass is 10.2. The van der Waals surface area contributed by atoms with E-state index in [1.165, 1.54) is 17.1 Å². The number of hydrogen-bond acceptors (Lipinski definition) is 5. The molecule has 1 aliphatic carbocycles. The van der Waals surface area contributed by atoms with Crippen molar-refractivity contribution in [2.45, 2.75) is 38.6 Å². The molecule has 7 heteroatoms. The molecule has 2 aliphatic rings. The van der Waals surface area contributed by atoms with Crippen molar-refractivity contribution >= 4 is 21.5 Å². The fourth-order valence-corrected chi connectivity index (χ4v) is 4.67. The SMILES string of the molecule is Cc1cc(NCc2ccc(N3CCCS3(=O)=O)cc2)nc(C2CC2)n1. The zero-order valence-corrected chi connectivity index (χ0v) is 15.1. The molecule has 132 valence electrons. The Hall–Kier alpha value is -2.15. The summed E-state index contributed by atoms with van der Waals surface area (Å²) in [6.45, 7) is 3.21. The lowest BCUT2D eigenvalue weighted by Crippen LogP contribution is -2.24. The third-order valence-electron chi connectivity index (χ3n) is 4.61. The molecule has 0 spiro atoms. The minimum absolute atomic E-state index is 0.243. The predicted octanol–water partition coefficient (Wildman–Crippen LogP) is 2.81. The number of anilines is 2.